The molecule has 0 unspecified atom stereocenters. The van der Waals surface area contributed by atoms with E-state index in [-0.39, 0.29) is 5.92 Å². The molecule has 0 fully saturated rings. The van der Waals surface area contributed by atoms with Crippen LogP contribution in [0.2, 0.25) is 0 Å². The first-order valence-electron chi connectivity index (χ1n) is 5.63. The van der Waals surface area contributed by atoms with E-state index in [9.17, 15) is 5.26 Å². The van der Waals surface area contributed by atoms with Gasteiger partial charge in [0.2, 0.25) is 0 Å². The summed E-state index contributed by atoms with van der Waals surface area (Å²) in [7, 11) is 3.20. The molecule has 0 amide bonds. The fourth-order valence-corrected chi connectivity index (χ4v) is 1.69. The van der Waals surface area contributed by atoms with E-state index in [4.69, 9.17) is 9.47 Å². The fraction of sp³-hybridized carbons (Fsp3) is 0.500. The molecule has 0 heterocycles. The Labute approximate surface area is 103 Å². The zero-order chi connectivity index (χ0) is 13.1. The normalized spacial score (nSPS) is 13.9. The average Bonchev–Trinajstić information content (AvgIpc) is 2.36. The number of hydrogen-bond acceptors (Lipinski definition) is 3. The smallest absolute Gasteiger partial charge is 0.161 e. The zero-order valence-electron chi connectivity index (χ0n) is 11.1. The molecule has 92 valence electrons. The Balaban J connectivity index is 3.29. The second kappa shape index (κ2) is 5.09. The Morgan fingerprint density at radius 3 is 2.18 bits per heavy atom. The van der Waals surface area contributed by atoms with Gasteiger partial charge in [-0.05, 0) is 30.5 Å². The molecule has 0 aromatic heterocycles. The van der Waals surface area contributed by atoms with Crippen LogP contribution in [0.4, 0.5) is 0 Å². The van der Waals surface area contributed by atoms with Crippen LogP contribution >= 0.6 is 0 Å². The summed E-state index contributed by atoms with van der Waals surface area (Å²) < 4.78 is 10.5. The average molecular weight is 233 g/mol. The summed E-state index contributed by atoms with van der Waals surface area (Å²) in [5.74, 6) is 1.57. The van der Waals surface area contributed by atoms with Gasteiger partial charge in [-0.25, -0.2) is 0 Å². The highest BCUT2D eigenvalue weighted by Gasteiger charge is 2.31. The van der Waals surface area contributed by atoms with Crippen LogP contribution in [0.5, 0.6) is 11.5 Å². The maximum Gasteiger partial charge on any atom is 0.161 e. The lowest BCUT2D eigenvalue weighted by molar-refractivity contribution is 0.352. The van der Waals surface area contributed by atoms with Gasteiger partial charge in [-0.15, -0.1) is 0 Å². The third-order valence-corrected chi connectivity index (χ3v) is 3.37. The highest BCUT2D eigenvalue weighted by atomic mass is 16.5. The molecule has 0 aliphatic heterocycles. The molecule has 0 bridgehead atoms. The molecule has 1 atom stereocenters. The van der Waals surface area contributed by atoms with Crippen LogP contribution < -0.4 is 9.47 Å². The molecule has 0 aliphatic carbocycles. The Morgan fingerprint density at radius 1 is 1.18 bits per heavy atom. The van der Waals surface area contributed by atoms with Crippen LogP contribution in [0.1, 0.15) is 26.3 Å². The van der Waals surface area contributed by atoms with Crippen LogP contribution in [0.25, 0.3) is 0 Å². The second-order valence-corrected chi connectivity index (χ2v) is 4.54. The standard InChI is InChI=1S/C14H19NO2/c1-10(2)14(3,9-15)11-6-7-12(16-4)13(8-11)17-5/h6-8,10H,1-5H3/t14-/m1/s1. The summed E-state index contributed by atoms with van der Waals surface area (Å²) >= 11 is 0. The van der Waals surface area contributed by atoms with Gasteiger partial charge in [0.1, 0.15) is 0 Å². The number of nitrogens with zero attached hydrogens (tertiary/aromatic N) is 1. The summed E-state index contributed by atoms with van der Waals surface area (Å²) in [6.07, 6.45) is 0. The van der Waals surface area contributed by atoms with Crippen molar-refractivity contribution in [3.8, 4) is 17.6 Å². The Morgan fingerprint density at radius 2 is 1.76 bits per heavy atom. The minimum absolute atomic E-state index is 0.227. The van der Waals surface area contributed by atoms with Crippen LogP contribution in [-0.2, 0) is 5.41 Å². The second-order valence-electron chi connectivity index (χ2n) is 4.54. The molecule has 1 aromatic rings. The van der Waals surface area contributed by atoms with Crippen molar-refractivity contribution < 1.29 is 9.47 Å². The van der Waals surface area contributed by atoms with E-state index in [2.05, 4.69) is 6.07 Å². The van der Waals surface area contributed by atoms with Crippen molar-refractivity contribution in [3.05, 3.63) is 23.8 Å². The predicted molar refractivity (Wildman–Crippen MR) is 67.3 cm³/mol. The number of nitriles is 1. The molecule has 1 aromatic carbocycles. The lowest BCUT2D eigenvalue weighted by Gasteiger charge is -2.27. The van der Waals surface area contributed by atoms with Gasteiger partial charge < -0.3 is 9.47 Å². The summed E-state index contributed by atoms with van der Waals surface area (Å²) in [6, 6.07) is 8.02. The molecule has 3 nitrogen and oxygen atoms in total. The minimum Gasteiger partial charge on any atom is -0.493 e. The number of rotatable bonds is 4. The first-order valence-corrected chi connectivity index (χ1v) is 5.63. The molecule has 3 heteroatoms. The lowest BCUT2D eigenvalue weighted by atomic mass is 9.74. The van der Waals surface area contributed by atoms with Crippen molar-refractivity contribution in [2.24, 2.45) is 5.92 Å². The van der Waals surface area contributed by atoms with Crippen molar-refractivity contribution >= 4 is 0 Å². The number of ether oxygens (including phenoxy) is 2. The zero-order valence-corrected chi connectivity index (χ0v) is 11.1. The van der Waals surface area contributed by atoms with E-state index in [1.807, 2.05) is 39.0 Å². The largest absolute Gasteiger partial charge is 0.493 e. The van der Waals surface area contributed by atoms with Crippen molar-refractivity contribution in [2.45, 2.75) is 26.2 Å². The first-order chi connectivity index (χ1) is 7.99. The Bertz CT molecular complexity index is 434. The van der Waals surface area contributed by atoms with Crippen molar-refractivity contribution in [2.75, 3.05) is 14.2 Å². The van der Waals surface area contributed by atoms with Crippen molar-refractivity contribution in [1.29, 1.82) is 5.26 Å². The third kappa shape index (κ3) is 2.36. The van der Waals surface area contributed by atoms with Gasteiger partial charge in [-0.3, -0.25) is 0 Å². The summed E-state index contributed by atoms with van der Waals surface area (Å²) in [6.45, 7) is 6.03. The van der Waals surface area contributed by atoms with E-state index in [0.717, 1.165) is 5.56 Å². The van der Waals surface area contributed by atoms with Crippen LogP contribution in [0, 0.1) is 17.2 Å². The highest BCUT2D eigenvalue weighted by Crippen LogP contribution is 2.36. The maximum absolute atomic E-state index is 9.38. The third-order valence-electron chi connectivity index (χ3n) is 3.37. The minimum atomic E-state index is -0.514. The van der Waals surface area contributed by atoms with Gasteiger partial charge in [0.15, 0.2) is 11.5 Å². The molecule has 0 radical (unpaired) electrons. The predicted octanol–water partition coefficient (Wildman–Crippen LogP) is 3.14. The molecular formula is C14H19NO2. The van der Waals surface area contributed by atoms with E-state index in [1.165, 1.54) is 0 Å². The number of benzene rings is 1. The van der Waals surface area contributed by atoms with Gasteiger partial charge in [0, 0.05) is 0 Å². The molecule has 0 N–H and O–H groups in total. The van der Waals surface area contributed by atoms with Gasteiger partial charge in [0.25, 0.3) is 0 Å². The number of hydrogen-bond donors (Lipinski definition) is 0. The molecule has 0 saturated carbocycles. The molecule has 0 aliphatic rings. The van der Waals surface area contributed by atoms with E-state index in [1.54, 1.807) is 14.2 Å². The van der Waals surface area contributed by atoms with Crippen LogP contribution in [-0.4, -0.2) is 14.2 Å². The topological polar surface area (TPSA) is 42.2 Å². The Hall–Kier alpha value is -1.69. The highest BCUT2D eigenvalue weighted by molar-refractivity contribution is 5.47. The summed E-state index contributed by atoms with van der Waals surface area (Å²) in [4.78, 5) is 0. The van der Waals surface area contributed by atoms with Crippen LogP contribution in [0.3, 0.4) is 0 Å². The molecule has 17 heavy (non-hydrogen) atoms. The first kappa shape index (κ1) is 13.4. The lowest BCUT2D eigenvalue weighted by Crippen LogP contribution is -2.26. The monoisotopic (exact) mass is 233 g/mol. The molecule has 0 spiro atoms. The molecule has 1 rings (SSSR count). The summed E-state index contributed by atoms with van der Waals surface area (Å²) in [5, 5.41) is 9.38. The Kier molecular flexibility index (Phi) is 4.01. The van der Waals surface area contributed by atoms with E-state index >= 15 is 0 Å². The quantitative estimate of drug-likeness (QED) is 0.802. The molecular weight excluding hydrogens is 214 g/mol. The molecule has 0 saturated heterocycles. The van der Waals surface area contributed by atoms with Gasteiger partial charge >= 0.3 is 0 Å². The van der Waals surface area contributed by atoms with Gasteiger partial charge in [-0.2, -0.15) is 5.26 Å². The fourth-order valence-electron chi connectivity index (χ4n) is 1.69. The van der Waals surface area contributed by atoms with Gasteiger partial charge in [0.05, 0.1) is 25.7 Å². The summed E-state index contributed by atoms with van der Waals surface area (Å²) in [5.41, 5.74) is 0.437. The maximum atomic E-state index is 9.38. The SMILES string of the molecule is COc1ccc([C@](C)(C#N)C(C)C)cc1OC. The van der Waals surface area contributed by atoms with Crippen molar-refractivity contribution in [3.63, 3.8) is 0 Å². The number of methoxy groups -OCH3 is 2. The van der Waals surface area contributed by atoms with Crippen molar-refractivity contribution in [1.82, 2.24) is 0 Å². The van der Waals surface area contributed by atoms with Crippen LogP contribution in [0.15, 0.2) is 18.2 Å². The van der Waals surface area contributed by atoms with Gasteiger partial charge in [-0.1, -0.05) is 19.9 Å². The van der Waals surface area contributed by atoms with E-state index < -0.39 is 5.41 Å². The van der Waals surface area contributed by atoms with E-state index in [0.29, 0.717) is 11.5 Å².